The molecule has 0 spiro atoms. The average molecular weight is 451 g/mol. The lowest BCUT2D eigenvalue weighted by Gasteiger charge is -2.16. The Balaban J connectivity index is 0.00000289. The van der Waals surface area contributed by atoms with E-state index < -0.39 is 0 Å². The van der Waals surface area contributed by atoms with Gasteiger partial charge in [-0.1, -0.05) is 36.4 Å². The Morgan fingerprint density at radius 2 is 1.53 bits per heavy atom. The van der Waals surface area contributed by atoms with E-state index in [0.29, 0.717) is 18.0 Å². The van der Waals surface area contributed by atoms with Gasteiger partial charge in [0.25, 0.3) is 0 Å². The number of nitrogens with zero attached hydrogens (tertiary/aromatic N) is 1. The molecule has 0 saturated carbocycles. The van der Waals surface area contributed by atoms with Crippen molar-refractivity contribution in [2.45, 2.75) is 13.5 Å². The van der Waals surface area contributed by atoms with Gasteiger partial charge in [0.1, 0.15) is 11.6 Å². The van der Waals surface area contributed by atoms with Crippen LogP contribution in [0, 0.1) is 6.92 Å². The molecule has 0 aliphatic carbocycles. The molecule has 4 rings (SSSR count). The van der Waals surface area contributed by atoms with Gasteiger partial charge in [-0.2, -0.15) is 0 Å². The fourth-order valence-corrected chi connectivity index (χ4v) is 3.82. The van der Waals surface area contributed by atoms with Crippen molar-refractivity contribution in [3.63, 3.8) is 0 Å². The van der Waals surface area contributed by atoms with Crippen LogP contribution in [0.1, 0.15) is 11.3 Å². The molecule has 32 heavy (non-hydrogen) atoms. The number of aryl methyl sites for hydroxylation is 1. The minimum atomic E-state index is 0. The number of rotatable bonds is 7. The maximum absolute atomic E-state index is 5.50. The van der Waals surface area contributed by atoms with Gasteiger partial charge in [0.15, 0.2) is 11.5 Å². The van der Waals surface area contributed by atoms with Crippen molar-refractivity contribution in [2.75, 3.05) is 26.6 Å². The summed E-state index contributed by atoms with van der Waals surface area (Å²) in [5, 5.41) is 5.65. The monoisotopic (exact) mass is 450 g/mol. The zero-order valence-electron chi connectivity index (χ0n) is 18.6. The molecule has 1 aromatic heterocycles. The van der Waals surface area contributed by atoms with Crippen LogP contribution in [0.3, 0.4) is 0 Å². The van der Waals surface area contributed by atoms with Crippen molar-refractivity contribution in [1.82, 2.24) is 4.98 Å². The number of nitrogens with one attached hydrogen (secondary N) is 1. The highest BCUT2D eigenvalue weighted by atomic mass is 35.5. The Hall–Kier alpha value is -3.44. The van der Waals surface area contributed by atoms with Crippen molar-refractivity contribution >= 4 is 29.0 Å². The summed E-state index contributed by atoms with van der Waals surface area (Å²) in [4.78, 5) is 4.92. The molecule has 0 saturated heterocycles. The van der Waals surface area contributed by atoms with Crippen LogP contribution in [0.4, 0.5) is 5.82 Å². The highest BCUT2D eigenvalue weighted by molar-refractivity contribution is 6.03. The van der Waals surface area contributed by atoms with Crippen LogP contribution in [0.2, 0.25) is 0 Å². The summed E-state index contributed by atoms with van der Waals surface area (Å²) in [7, 11) is 4.97. The van der Waals surface area contributed by atoms with Crippen molar-refractivity contribution in [1.29, 1.82) is 0 Å². The fraction of sp³-hybridized carbons (Fsp3) is 0.192. The largest absolute Gasteiger partial charge is 0.497 e. The molecule has 6 heteroatoms. The molecule has 0 unspecified atom stereocenters. The molecule has 0 fully saturated rings. The molecule has 4 aromatic rings. The number of hydrogen-bond acceptors (Lipinski definition) is 5. The van der Waals surface area contributed by atoms with Crippen LogP contribution in [-0.2, 0) is 6.54 Å². The van der Waals surface area contributed by atoms with Crippen LogP contribution < -0.4 is 19.5 Å². The van der Waals surface area contributed by atoms with Crippen molar-refractivity contribution in [3.8, 4) is 28.4 Å². The van der Waals surface area contributed by atoms with E-state index in [1.165, 1.54) is 0 Å². The molecule has 1 heterocycles. The summed E-state index contributed by atoms with van der Waals surface area (Å²) in [6, 6.07) is 22.3. The molecule has 5 nitrogen and oxygen atoms in total. The lowest BCUT2D eigenvalue weighted by atomic mass is 9.97. The van der Waals surface area contributed by atoms with E-state index in [1.54, 1.807) is 21.3 Å². The SMILES string of the molecule is COc1ccc2c(NCc3ccc(OC)c(OC)c3)nc(C)c(-c3ccccc3)c2c1.Cl. The van der Waals surface area contributed by atoms with E-state index in [9.17, 15) is 0 Å². The first kappa shape index (κ1) is 23.2. The van der Waals surface area contributed by atoms with Crippen molar-refractivity contribution < 1.29 is 14.2 Å². The smallest absolute Gasteiger partial charge is 0.161 e. The molecular formula is C26H27ClN2O3. The summed E-state index contributed by atoms with van der Waals surface area (Å²) in [6.45, 7) is 2.65. The Morgan fingerprint density at radius 1 is 0.781 bits per heavy atom. The quantitative estimate of drug-likeness (QED) is 0.359. The number of pyridine rings is 1. The second-order valence-electron chi connectivity index (χ2n) is 7.24. The van der Waals surface area contributed by atoms with Crippen LogP contribution in [0.15, 0.2) is 66.7 Å². The van der Waals surface area contributed by atoms with Crippen LogP contribution >= 0.6 is 12.4 Å². The Labute approximate surface area is 194 Å². The summed E-state index contributed by atoms with van der Waals surface area (Å²) in [5.74, 6) is 3.08. The molecule has 1 N–H and O–H groups in total. The van der Waals surface area contributed by atoms with E-state index in [4.69, 9.17) is 19.2 Å². The molecule has 0 bridgehead atoms. The Morgan fingerprint density at radius 3 is 2.22 bits per heavy atom. The van der Waals surface area contributed by atoms with Gasteiger partial charge in [0.2, 0.25) is 0 Å². The first-order valence-corrected chi connectivity index (χ1v) is 10.1. The number of fused-ring (bicyclic) bond motifs is 1. The minimum absolute atomic E-state index is 0. The van der Waals surface area contributed by atoms with E-state index in [1.807, 2.05) is 49.4 Å². The molecule has 3 aromatic carbocycles. The highest BCUT2D eigenvalue weighted by Gasteiger charge is 2.14. The zero-order valence-corrected chi connectivity index (χ0v) is 19.5. The van der Waals surface area contributed by atoms with Gasteiger partial charge in [-0.05, 0) is 53.8 Å². The van der Waals surface area contributed by atoms with E-state index in [0.717, 1.165) is 44.7 Å². The Kier molecular flexibility index (Phi) is 7.44. The topological polar surface area (TPSA) is 52.6 Å². The molecule has 0 radical (unpaired) electrons. The molecule has 0 amide bonds. The summed E-state index contributed by atoms with van der Waals surface area (Å²) < 4.78 is 16.3. The van der Waals surface area contributed by atoms with E-state index in [-0.39, 0.29) is 12.4 Å². The highest BCUT2D eigenvalue weighted by Crippen LogP contribution is 2.37. The number of ether oxygens (including phenoxy) is 3. The van der Waals surface area contributed by atoms with Gasteiger partial charge in [0.05, 0.1) is 21.3 Å². The van der Waals surface area contributed by atoms with Crippen LogP contribution in [0.25, 0.3) is 21.9 Å². The van der Waals surface area contributed by atoms with Gasteiger partial charge >= 0.3 is 0 Å². The third-order valence-corrected chi connectivity index (χ3v) is 5.36. The predicted molar refractivity (Wildman–Crippen MR) is 133 cm³/mol. The minimum Gasteiger partial charge on any atom is -0.497 e. The van der Waals surface area contributed by atoms with E-state index in [2.05, 4.69) is 29.6 Å². The van der Waals surface area contributed by atoms with Crippen molar-refractivity contribution in [3.05, 3.63) is 78.0 Å². The third kappa shape index (κ3) is 4.58. The lowest BCUT2D eigenvalue weighted by Crippen LogP contribution is -2.05. The lowest BCUT2D eigenvalue weighted by molar-refractivity contribution is 0.354. The number of benzene rings is 3. The predicted octanol–water partition coefficient (Wildman–Crippen LogP) is 6.27. The molecule has 0 atom stereocenters. The first-order chi connectivity index (χ1) is 15.1. The Bertz CT molecular complexity index is 1210. The van der Waals surface area contributed by atoms with Crippen molar-refractivity contribution in [2.24, 2.45) is 0 Å². The van der Waals surface area contributed by atoms with Gasteiger partial charge in [-0.15, -0.1) is 12.4 Å². The van der Waals surface area contributed by atoms with Gasteiger partial charge in [0, 0.05) is 23.2 Å². The number of methoxy groups -OCH3 is 3. The maximum atomic E-state index is 5.50. The van der Waals surface area contributed by atoms with Gasteiger partial charge < -0.3 is 19.5 Å². The summed E-state index contributed by atoms with van der Waals surface area (Å²) >= 11 is 0. The summed E-state index contributed by atoms with van der Waals surface area (Å²) in [5.41, 5.74) is 4.29. The molecular weight excluding hydrogens is 424 g/mol. The number of anilines is 1. The number of hydrogen-bond donors (Lipinski definition) is 1. The standard InChI is InChI=1S/C26H26N2O3.ClH/c1-17-25(19-8-6-5-7-9-19)22-15-20(29-2)11-12-21(22)26(28-17)27-16-18-10-13-23(30-3)24(14-18)31-4;/h5-15H,16H2,1-4H3,(H,27,28);1H. The third-order valence-electron chi connectivity index (χ3n) is 5.36. The second-order valence-corrected chi connectivity index (χ2v) is 7.24. The number of halogens is 1. The normalized spacial score (nSPS) is 10.4. The second kappa shape index (κ2) is 10.2. The van der Waals surface area contributed by atoms with E-state index >= 15 is 0 Å². The maximum Gasteiger partial charge on any atom is 0.161 e. The average Bonchev–Trinajstić information content (AvgIpc) is 2.82. The van der Waals surface area contributed by atoms with Gasteiger partial charge in [-0.25, -0.2) is 4.98 Å². The van der Waals surface area contributed by atoms with Crippen LogP contribution in [-0.4, -0.2) is 26.3 Å². The zero-order chi connectivity index (χ0) is 21.8. The fourth-order valence-electron chi connectivity index (χ4n) is 3.82. The number of aromatic nitrogens is 1. The van der Waals surface area contributed by atoms with Gasteiger partial charge in [-0.3, -0.25) is 0 Å². The first-order valence-electron chi connectivity index (χ1n) is 10.1. The molecule has 166 valence electrons. The molecule has 0 aliphatic heterocycles. The summed E-state index contributed by atoms with van der Waals surface area (Å²) in [6.07, 6.45) is 0. The molecule has 0 aliphatic rings. The van der Waals surface area contributed by atoms with Crippen LogP contribution in [0.5, 0.6) is 17.2 Å².